The molecule has 2 heterocycles. The van der Waals surface area contributed by atoms with E-state index in [0.29, 0.717) is 52.4 Å². The van der Waals surface area contributed by atoms with Crippen LogP contribution < -0.4 is 31.6 Å². The van der Waals surface area contributed by atoms with Gasteiger partial charge in [-0.05, 0) is 64.5 Å². The van der Waals surface area contributed by atoms with Gasteiger partial charge < -0.3 is 30.5 Å². The van der Waals surface area contributed by atoms with Crippen LogP contribution in [0.25, 0.3) is 15.7 Å². The molecular weight excluding hydrogens is 682 g/mol. The van der Waals surface area contributed by atoms with E-state index in [9.17, 15) is 19.2 Å². The summed E-state index contributed by atoms with van der Waals surface area (Å²) in [5.74, 6) is -1.07. The Bertz CT molecular complexity index is 1800. The molecule has 0 spiro atoms. The topological polar surface area (TPSA) is 160 Å². The number of benzene rings is 2. The summed E-state index contributed by atoms with van der Waals surface area (Å²) < 4.78 is 22.5. The first-order valence-electron chi connectivity index (χ1n) is 17.5. The van der Waals surface area contributed by atoms with Gasteiger partial charge in [-0.15, -0.1) is 0 Å². The predicted octanol–water partition coefficient (Wildman–Crippen LogP) is 4.20. The fraction of sp³-hybridized carbons (Fsp3) is 0.474. The second-order valence-electron chi connectivity index (χ2n) is 15.1. The highest BCUT2D eigenvalue weighted by Crippen LogP contribution is 2.51. The van der Waals surface area contributed by atoms with Crippen LogP contribution in [0.5, 0.6) is 5.75 Å². The van der Waals surface area contributed by atoms with Crippen molar-refractivity contribution in [3.8, 4) is 5.75 Å². The lowest BCUT2D eigenvalue weighted by Crippen LogP contribution is -2.57. The van der Waals surface area contributed by atoms with Crippen LogP contribution >= 0.6 is 0 Å². The second-order valence-corrected chi connectivity index (χ2v) is 20.0. The highest BCUT2D eigenvalue weighted by atomic mass is 28.4. The Kier molecular flexibility index (Phi) is 12.8. The average molecular weight is 732 g/mol. The molecule has 0 saturated carbocycles. The van der Waals surface area contributed by atoms with Crippen molar-refractivity contribution in [1.82, 2.24) is 25.8 Å². The van der Waals surface area contributed by atoms with Crippen molar-refractivity contribution in [2.24, 2.45) is 5.73 Å². The van der Waals surface area contributed by atoms with E-state index in [2.05, 4.69) is 25.8 Å². The number of nitrogens with zero attached hydrogens (tertiary/aromatic N) is 3. The van der Waals surface area contributed by atoms with Crippen molar-refractivity contribution in [3.63, 3.8) is 0 Å². The van der Waals surface area contributed by atoms with Gasteiger partial charge in [0.05, 0.1) is 24.2 Å². The van der Waals surface area contributed by atoms with Crippen molar-refractivity contribution in [2.75, 3.05) is 32.8 Å². The third-order valence-corrected chi connectivity index (χ3v) is 14.6. The van der Waals surface area contributed by atoms with E-state index < -0.39 is 48.4 Å². The number of hydrogen-bond acceptors (Lipinski definition) is 7. The SMILES string of the molecule is [C-]#[N+][C@@H]1CCCN1C(=O)CNC(=O)c1ccnc2ccc(OCCCNC(=O)C(N)CNC(=O)c3ccc([Si](F)(C(C)(C)C)C(C)(C)C)cc3)cc12. The summed E-state index contributed by atoms with van der Waals surface area (Å²) >= 11 is 0. The maximum absolute atomic E-state index is 16.6. The van der Waals surface area contributed by atoms with Gasteiger partial charge in [0.15, 0.2) is 0 Å². The average Bonchev–Trinajstić information content (AvgIpc) is 3.60. The number of hydrogen-bond donors (Lipinski definition) is 4. The Morgan fingerprint density at radius 2 is 1.71 bits per heavy atom. The fourth-order valence-electron chi connectivity index (χ4n) is 6.78. The number of nitrogens with two attached hydrogens (primary N) is 1. The summed E-state index contributed by atoms with van der Waals surface area (Å²) in [4.78, 5) is 60.3. The third kappa shape index (κ3) is 9.13. The van der Waals surface area contributed by atoms with E-state index in [1.54, 1.807) is 48.5 Å². The zero-order valence-electron chi connectivity index (χ0n) is 30.8. The van der Waals surface area contributed by atoms with Crippen LogP contribution in [0.2, 0.25) is 10.1 Å². The minimum Gasteiger partial charge on any atom is -0.494 e. The van der Waals surface area contributed by atoms with Crippen LogP contribution in [0.3, 0.4) is 0 Å². The van der Waals surface area contributed by atoms with E-state index in [-0.39, 0.29) is 32.1 Å². The standard InChI is InChI=1S/C38H50FN7O5Si/c1-37(2,3)52(39,38(4,5)6)27-14-11-25(12-15-27)34(48)44-23-30(40)36(50)43-18-9-21-51-26-13-16-31-29(22-26)28(17-19-42-31)35(49)45-24-33(47)46-20-8-10-32(46)41-7/h11-17,19,22,30,32H,8-10,18,20-21,23-24,40H2,1-6H3,(H,43,50)(H,44,48)(H,45,49)/t30?,32-/m0/s1. The molecule has 0 aliphatic carbocycles. The first-order valence-corrected chi connectivity index (χ1v) is 19.4. The Hall–Kier alpha value is -4.87. The first kappa shape index (κ1) is 39.9. The number of carbonyl (C=O) groups excluding carboxylic acids is 4. The normalized spacial score (nSPS) is 15.4. The van der Waals surface area contributed by atoms with Gasteiger partial charge in [0.25, 0.3) is 20.2 Å². The van der Waals surface area contributed by atoms with Crippen molar-refractivity contribution < 1.29 is 28.0 Å². The molecule has 1 unspecified atom stereocenters. The van der Waals surface area contributed by atoms with Crippen molar-refractivity contribution in [3.05, 3.63) is 77.3 Å². The molecule has 12 nitrogen and oxygen atoms in total. The molecule has 2 aromatic carbocycles. The van der Waals surface area contributed by atoms with Gasteiger partial charge in [0.1, 0.15) is 11.8 Å². The summed E-state index contributed by atoms with van der Waals surface area (Å²) in [5, 5.41) is 8.20. The number of rotatable bonds is 13. The number of amides is 4. The van der Waals surface area contributed by atoms with Crippen molar-refractivity contribution in [1.29, 1.82) is 0 Å². The summed E-state index contributed by atoms with van der Waals surface area (Å²) in [6, 6.07) is 12.4. The van der Waals surface area contributed by atoms with Crippen LogP contribution in [0.4, 0.5) is 4.11 Å². The molecule has 2 atom stereocenters. The summed E-state index contributed by atoms with van der Waals surface area (Å²) in [6.07, 6.45) is 2.91. The lowest BCUT2D eigenvalue weighted by atomic mass is 10.1. The third-order valence-electron chi connectivity index (χ3n) is 9.37. The minimum atomic E-state index is -3.45. The molecule has 1 aliphatic heterocycles. The molecule has 0 radical (unpaired) electrons. The number of aromatic nitrogens is 1. The summed E-state index contributed by atoms with van der Waals surface area (Å²) in [5.41, 5.74) is 7.29. The molecule has 4 rings (SSSR count). The van der Waals surface area contributed by atoms with E-state index in [1.807, 2.05) is 41.5 Å². The highest BCUT2D eigenvalue weighted by Gasteiger charge is 2.56. The number of carbonyl (C=O) groups is 4. The Balaban J connectivity index is 1.22. The molecule has 14 heteroatoms. The number of nitrogens with one attached hydrogen (secondary N) is 3. The number of likely N-dealkylation sites (tertiary alicyclic amines) is 1. The molecular formula is C38H50FN7O5Si. The molecule has 1 aromatic heterocycles. The van der Waals surface area contributed by atoms with Crippen LogP contribution in [0.15, 0.2) is 54.7 Å². The van der Waals surface area contributed by atoms with E-state index in [0.717, 1.165) is 6.42 Å². The largest absolute Gasteiger partial charge is 0.494 e. The fourth-order valence-corrected chi connectivity index (χ4v) is 11.4. The van der Waals surface area contributed by atoms with E-state index in [4.69, 9.17) is 17.0 Å². The Labute approximate surface area is 306 Å². The van der Waals surface area contributed by atoms with Crippen LogP contribution in [-0.4, -0.2) is 86.9 Å². The maximum atomic E-state index is 16.6. The lowest BCUT2D eigenvalue weighted by molar-refractivity contribution is -0.130. The molecule has 5 N–H and O–H groups in total. The highest BCUT2D eigenvalue weighted by molar-refractivity contribution is 6.90. The van der Waals surface area contributed by atoms with Crippen LogP contribution in [0.1, 0.15) is 81.5 Å². The van der Waals surface area contributed by atoms with Gasteiger partial charge in [0.2, 0.25) is 11.8 Å². The van der Waals surface area contributed by atoms with Crippen LogP contribution in [0, 0.1) is 6.57 Å². The van der Waals surface area contributed by atoms with Gasteiger partial charge in [0, 0.05) is 43.2 Å². The number of ether oxygens (including phenoxy) is 1. The molecule has 0 bridgehead atoms. The number of halogens is 1. The lowest BCUT2D eigenvalue weighted by Gasteiger charge is -2.44. The molecule has 1 fully saturated rings. The maximum Gasteiger partial charge on any atom is 0.300 e. The zero-order chi connectivity index (χ0) is 38.3. The smallest absolute Gasteiger partial charge is 0.300 e. The van der Waals surface area contributed by atoms with Gasteiger partial charge >= 0.3 is 6.17 Å². The predicted molar refractivity (Wildman–Crippen MR) is 201 cm³/mol. The number of fused-ring (bicyclic) bond motifs is 1. The molecule has 1 saturated heterocycles. The molecule has 52 heavy (non-hydrogen) atoms. The quantitative estimate of drug-likeness (QED) is 0.0888. The van der Waals surface area contributed by atoms with E-state index in [1.165, 1.54) is 11.1 Å². The van der Waals surface area contributed by atoms with Crippen LogP contribution in [-0.2, 0) is 9.59 Å². The first-order chi connectivity index (χ1) is 24.5. The van der Waals surface area contributed by atoms with Gasteiger partial charge in [-0.2, -0.15) is 0 Å². The zero-order valence-corrected chi connectivity index (χ0v) is 31.8. The molecule has 278 valence electrons. The molecule has 1 aliphatic rings. The molecule has 4 amide bonds. The monoisotopic (exact) mass is 731 g/mol. The second kappa shape index (κ2) is 16.6. The minimum absolute atomic E-state index is 0.0797. The van der Waals surface area contributed by atoms with Gasteiger partial charge in [-0.3, -0.25) is 33.9 Å². The van der Waals surface area contributed by atoms with Crippen molar-refractivity contribution in [2.45, 2.75) is 83.1 Å². The summed E-state index contributed by atoms with van der Waals surface area (Å²) in [6.45, 7) is 19.5. The van der Waals surface area contributed by atoms with Gasteiger partial charge in [-0.25, -0.2) is 6.57 Å². The van der Waals surface area contributed by atoms with Gasteiger partial charge in [-0.1, -0.05) is 53.7 Å². The van der Waals surface area contributed by atoms with E-state index >= 15 is 4.11 Å². The Morgan fingerprint density at radius 3 is 2.37 bits per heavy atom. The summed E-state index contributed by atoms with van der Waals surface area (Å²) in [7, 11) is -3.45. The Morgan fingerprint density at radius 1 is 1.02 bits per heavy atom. The van der Waals surface area contributed by atoms with Crippen molar-refractivity contribution >= 4 is 48.1 Å². The number of pyridine rings is 1. The molecule has 3 aromatic rings.